The van der Waals surface area contributed by atoms with Gasteiger partial charge in [0.1, 0.15) is 34.9 Å². The molecule has 0 bridgehead atoms. The Morgan fingerprint density at radius 2 is 2.00 bits per heavy atom. The number of amides is 1. The molecule has 42 heavy (non-hydrogen) atoms. The van der Waals surface area contributed by atoms with Crippen molar-refractivity contribution >= 4 is 49.3 Å². The number of hydrogen-bond donors (Lipinski definition) is 1. The fourth-order valence-corrected chi connectivity index (χ4v) is 5.95. The van der Waals surface area contributed by atoms with E-state index in [0.29, 0.717) is 47.0 Å². The number of aromatic nitrogens is 3. The van der Waals surface area contributed by atoms with Gasteiger partial charge < -0.3 is 24.1 Å². The first-order chi connectivity index (χ1) is 20.3. The number of sulfone groups is 1. The molecule has 1 aliphatic heterocycles. The predicted molar refractivity (Wildman–Crippen MR) is 155 cm³/mol. The van der Waals surface area contributed by atoms with Gasteiger partial charge in [-0.1, -0.05) is 0 Å². The van der Waals surface area contributed by atoms with Crippen molar-refractivity contribution in [2.75, 3.05) is 31.4 Å². The monoisotopic (exact) mass is 585 g/mol. The van der Waals surface area contributed by atoms with Crippen molar-refractivity contribution in [2.45, 2.75) is 30.2 Å². The molecule has 1 fully saturated rings. The van der Waals surface area contributed by atoms with Crippen LogP contribution in [0.4, 0.5) is 11.6 Å². The Balaban J connectivity index is 1.13. The summed E-state index contributed by atoms with van der Waals surface area (Å²) < 4.78 is 41.0. The number of nitrogens with one attached hydrogen (secondary N) is 1. The largest absolute Gasteiger partial charge is 0.495 e. The third-order valence-corrected chi connectivity index (χ3v) is 8.61. The molecule has 0 saturated heterocycles. The number of ether oxygens (including phenoxy) is 2. The highest BCUT2D eigenvalue weighted by Crippen LogP contribution is 2.47. The number of methoxy groups -OCH3 is 1. The third kappa shape index (κ3) is 4.77. The zero-order valence-corrected chi connectivity index (χ0v) is 23.8. The molecule has 214 valence electrons. The van der Waals surface area contributed by atoms with E-state index < -0.39 is 9.84 Å². The Morgan fingerprint density at radius 1 is 1.14 bits per heavy atom. The summed E-state index contributed by atoms with van der Waals surface area (Å²) in [6.45, 7) is 1.25. The summed E-state index contributed by atoms with van der Waals surface area (Å²) >= 11 is 0. The Labute approximate surface area is 241 Å². The number of fused-ring (bicyclic) bond motifs is 3. The van der Waals surface area contributed by atoms with Gasteiger partial charge in [0.05, 0.1) is 37.1 Å². The van der Waals surface area contributed by atoms with Gasteiger partial charge in [-0.2, -0.15) is 0 Å². The Morgan fingerprint density at radius 3 is 2.79 bits per heavy atom. The van der Waals surface area contributed by atoms with E-state index in [4.69, 9.17) is 23.9 Å². The number of rotatable bonds is 7. The van der Waals surface area contributed by atoms with Crippen molar-refractivity contribution in [3.63, 3.8) is 0 Å². The van der Waals surface area contributed by atoms with E-state index >= 15 is 0 Å². The van der Waals surface area contributed by atoms with Crippen LogP contribution in [-0.2, 0) is 16.4 Å². The van der Waals surface area contributed by atoms with Crippen LogP contribution in [0.2, 0.25) is 0 Å². The van der Waals surface area contributed by atoms with E-state index in [0.717, 1.165) is 53.1 Å². The molecule has 0 radical (unpaired) electrons. The van der Waals surface area contributed by atoms with Crippen LogP contribution in [0, 0.1) is 0 Å². The molecule has 1 amide bonds. The Kier molecular flexibility index (Phi) is 6.23. The van der Waals surface area contributed by atoms with Gasteiger partial charge in [0.2, 0.25) is 0 Å². The first-order valence-corrected chi connectivity index (χ1v) is 15.4. The number of furan rings is 1. The van der Waals surface area contributed by atoms with Crippen LogP contribution in [0.1, 0.15) is 40.5 Å². The summed E-state index contributed by atoms with van der Waals surface area (Å²) in [4.78, 5) is 29.4. The predicted octanol–water partition coefficient (Wildman–Crippen LogP) is 4.52. The number of benzene rings is 1. The molecular weight excluding hydrogens is 558 g/mol. The van der Waals surface area contributed by atoms with Crippen LogP contribution in [0.5, 0.6) is 11.5 Å². The minimum Gasteiger partial charge on any atom is -0.495 e. The smallest absolute Gasteiger partial charge is 0.251 e. The molecule has 5 heterocycles. The van der Waals surface area contributed by atoms with Crippen LogP contribution in [0.3, 0.4) is 0 Å². The number of carbonyl (C=O) groups excluding carboxylic acids is 1. The standard InChI is InChI=1S/C30H27N5O6S/c1-39-24-13-25-29(34-28(24)17-3-4-17)35(9-10-40-25)27-8-6-19-14-31-20(12-22(19)33-27)15-32-30(36)18-5-7-23-21(11-18)26(16-41-23)42(2,37)38/h5-8,11-14,16-17H,3-4,9-10,15H2,1-2H3,(H,32,36). The van der Waals surface area contributed by atoms with Crippen molar-refractivity contribution in [1.29, 1.82) is 0 Å². The topological polar surface area (TPSA) is 137 Å². The molecule has 1 saturated carbocycles. The Hall–Kier alpha value is -4.71. The van der Waals surface area contributed by atoms with Gasteiger partial charge in [-0.3, -0.25) is 9.78 Å². The molecule has 11 nitrogen and oxygen atoms in total. The van der Waals surface area contributed by atoms with E-state index in [1.54, 1.807) is 25.4 Å². The van der Waals surface area contributed by atoms with Crippen LogP contribution in [-0.4, -0.2) is 55.8 Å². The van der Waals surface area contributed by atoms with Gasteiger partial charge in [-0.05, 0) is 49.2 Å². The molecule has 1 aliphatic carbocycles. The highest BCUT2D eigenvalue weighted by atomic mass is 32.2. The number of hydrogen-bond acceptors (Lipinski definition) is 10. The maximum absolute atomic E-state index is 12.9. The van der Waals surface area contributed by atoms with Gasteiger partial charge >= 0.3 is 0 Å². The lowest BCUT2D eigenvalue weighted by Crippen LogP contribution is -2.30. The number of anilines is 2. The zero-order valence-electron chi connectivity index (χ0n) is 23.0. The molecule has 7 rings (SSSR count). The van der Waals surface area contributed by atoms with Crippen molar-refractivity contribution in [2.24, 2.45) is 0 Å². The second kappa shape index (κ2) is 9.98. The summed E-state index contributed by atoms with van der Waals surface area (Å²) in [6, 6.07) is 12.4. The number of carbonyl (C=O) groups is 1. The fourth-order valence-electron chi connectivity index (χ4n) is 5.17. The van der Waals surface area contributed by atoms with Crippen molar-refractivity contribution in [3.05, 3.63) is 71.9 Å². The highest BCUT2D eigenvalue weighted by molar-refractivity contribution is 7.91. The van der Waals surface area contributed by atoms with Gasteiger partial charge in [0.25, 0.3) is 5.91 Å². The third-order valence-electron chi connectivity index (χ3n) is 7.50. The van der Waals surface area contributed by atoms with Crippen LogP contribution in [0.15, 0.2) is 64.2 Å². The molecule has 2 aliphatic rings. The van der Waals surface area contributed by atoms with E-state index in [1.165, 1.54) is 12.3 Å². The molecular formula is C30H27N5O6S. The molecule has 12 heteroatoms. The first-order valence-electron chi connectivity index (χ1n) is 13.5. The van der Waals surface area contributed by atoms with Gasteiger partial charge in [-0.15, -0.1) is 0 Å². The lowest BCUT2D eigenvalue weighted by Gasteiger charge is -2.30. The Bertz CT molecular complexity index is 1990. The minimum atomic E-state index is -3.50. The summed E-state index contributed by atoms with van der Waals surface area (Å²) in [5, 5.41) is 4.09. The number of pyridine rings is 3. The van der Waals surface area contributed by atoms with Crippen molar-refractivity contribution in [3.8, 4) is 11.5 Å². The molecule has 4 aromatic heterocycles. The lowest BCUT2D eigenvalue weighted by molar-refractivity contribution is 0.0950. The van der Waals surface area contributed by atoms with E-state index in [2.05, 4.69) is 15.2 Å². The maximum Gasteiger partial charge on any atom is 0.251 e. The summed E-state index contributed by atoms with van der Waals surface area (Å²) in [7, 11) is -1.85. The average molecular weight is 586 g/mol. The van der Waals surface area contributed by atoms with Crippen LogP contribution >= 0.6 is 0 Å². The van der Waals surface area contributed by atoms with Gasteiger partial charge in [0.15, 0.2) is 21.4 Å². The zero-order chi connectivity index (χ0) is 29.0. The molecule has 0 atom stereocenters. The van der Waals surface area contributed by atoms with E-state index in [1.807, 2.05) is 24.3 Å². The van der Waals surface area contributed by atoms with Crippen LogP contribution < -0.4 is 19.7 Å². The second-order valence-electron chi connectivity index (χ2n) is 10.5. The molecule has 1 aromatic carbocycles. The second-order valence-corrected chi connectivity index (χ2v) is 12.5. The van der Waals surface area contributed by atoms with E-state index in [9.17, 15) is 13.2 Å². The van der Waals surface area contributed by atoms with Gasteiger partial charge in [0, 0.05) is 40.8 Å². The minimum absolute atomic E-state index is 0.0474. The van der Waals surface area contributed by atoms with Crippen molar-refractivity contribution < 1.29 is 27.1 Å². The first kappa shape index (κ1) is 26.2. The molecule has 0 unspecified atom stereocenters. The average Bonchev–Trinajstić information content (AvgIpc) is 3.75. The SMILES string of the molecule is COc1cc2c(nc1C1CC1)N(c1ccc3cnc(CNC(=O)c4ccc5occ(S(C)(=O)=O)c5c4)cc3n1)CCO2. The maximum atomic E-state index is 12.9. The van der Waals surface area contributed by atoms with E-state index in [-0.39, 0.29) is 17.3 Å². The van der Waals surface area contributed by atoms with Crippen LogP contribution in [0.25, 0.3) is 21.9 Å². The molecule has 5 aromatic rings. The quantitative estimate of drug-likeness (QED) is 0.290. The molecule has 0 spiro atoms. The highest BCUT2D eigenvalue weighted by Gasteiger charge is 2.32. The number of nitrogens with zero attached hydrogens (tertiary/aromatic N) is 4. The summed E-state index contributed by atoms with van der Waals surface area (Å²) in [5.41, 5.74) is 3.02. The lowest BCUT2D eigenvalue weighted by atomic mass is 10.1. The summed E-state index contributed by atoms with van der Waals surface area (Å²) in [5.74, 6) is 2.93. The fraction of sp³-hybridized carbons (Fsp3) is 0.267. The summed E-state index contributed by atoms with van der Waals surface area (Å²) in [6.07, 6.45) is 6.22. The van der Waals surface area contributed by atoms with Crippen molar-refractivity contribution in [1.82, 2.24) is 20.3 Å². The van der Waals surface area contributed by atoms with Gasteiger partial charge in [-0.25, -0.2) is 18.4 Å². The molecule has 1 N–H and O–H groups in total. The normalized spacial score (nSPS) is 15.0.